The van der Waals surface area contributed by atoms with Crippen LogP contribution in [0.25, 0.3) is 0 Å². The first-order chi connectivity index (χ1) is 14.6. The molecule has 3 aromatic rings. The summed E-state index contributed by atoms with van der Waals surface area (Å²) in [4.78, 5) is 14.1. The molecule has 3 aromatic carbocycles. The number of hydrogen-bond donors (Lipinski definition) is 1. The molecule has 0 aliphatic carbocycles. The summed E-state index contributed by atoms with van der Waals surface area (Å²) < 4.78 is 7.04. The number of hydrogen-bond acceptors (Lipinski definition) is 3. The van der Waals surface area contributed by atoms with E-state index in [0.29, 0.717) is 6.42 Å². The van der Waals surface area contributed by atoms with Crippen LogP contribution in [0.5, 0.6) is 11.5 Å². The van der Waals surface area contributed by atoms with Gasteiger partial charge in [-0.25, -0.2) is 0 Å². The van der Waals surface area contributed by atoms with Gasteiger partial charge in [-0.15, -0.1) is 0 Å². The molecule has 154 valence electrons. The molecule has 4 nitrogen and oxygen atoms in total. The van der Waals surface area contributed by atoms with Gasteiger partial charge >= 0.3 is 5.97 Å². The van der Waals surface area contributed by atoms with Crippen molar-refractivity contribution in [2.24, 2.45) is 0 Å². The lowest BCUT2D eigenvalue weighted by Gasteiger charge is -2.39. The Morgan fingerprint density at radius 1 is 0.933 bits per heavy atom. The van der Waals surface area contributed by atoms with Gasteiger partial charge in [0.2, 0.25) is 0 Å². The van der Waals surface area contributed by atoms with Crippen molar-refractivity contribution in [3.63, 3.8) is 0 Å². The number of halogens is 1. The molecule has 0 amide bonds. The van der Waals surface area contributed by atoms with Gasteiger partial charge in [-0.3, -0.25) is 9.69 Å². The number of aliphatic carboxylic acids is 1. The number of piperidine rings is 1. The number of ether oxygens (including phenoxy) is 1. The highest BCUT2D eigenvalue weighted by Crippen LogP contribution is 2.36. The Balaban J connectivity index is 1.73. The summed E-state index contributed by atoms with van der Waals surface area (Å²) in [5.74, 6) is 0.759. The molecule has 0 bridgehead atoms. The third-order valence-electron chi connectivity index (χ3n) is 5.50. The van der Waals surface area contributed by atoms with Crippen molar-refractivity contribution < 1.29 is 14.6 Å². The summed E-state index contributed by atoms with van der Waals surface area (Å²) >= 11 is 3.50. The molecule has 1 aliphatic rings. The first-order valence-electron chi connectivity index (χ1n) is 10.2. The molecule has 2 unspecified atom stereocenters. The fourth-order valence-electron chi connectivity index (χ4n) is 4.12. The van der Waals surface area contributed by atoms with Crippen LogP contribution in [0.1, 0.15) is 36.4 Å². The standard InChI is InChI=1S/C25H24BrNO3/c26-20-14-12-18(13-15-20)24(27-16-5-4-11-23(27)25(28)29)19-7-6-10-22(17-19)30-21-8-2-1-3-9-21/h1-3,6-10,12-15,17,23-24H,4-5,11,16H2,(H,28,29). The molecule has 0 aromatic heterocycles. The third-order valence-corrected chi connectivity index (χ3v) is 6.03. The van der Waals surface area contributed by atoms with Crippen molar-refractivity contribution in [3.05, 3.63) is 94.5 Å². The van der Waals surface area contributed by atoms with E-state index in [1.54, 1.807) is 0 Å². The molecule has 30 heavy (non-hydrogen) atoms. The van der Waals surface area contributed by atoms with Gasteiger partial charge in [0.1, 0.15) is 17.5 Å². The van der Waals surface area contributed by atoms with E-state index in [1.165, 1.54) is 0 Å². The van der Waals surface area contributed by atoms with E-state index in [9.17, 15) is 9.90 Å². The Morgan fingerprint density at radius 3 is 2.40 bits per heavy atom. The second kappa shape index (κ2) is 9.45. The molecule has 1 fully saturated rings. The van der Waals surface area contributed by atoms with Crippen molar-refractivity contribution in [1.82, 2.24) is 4.90 Å². The minimum atomic E-state index is -0.756. The van der Waals surface area contributed by atoms with Gasteiger partial charge in [-0.1, -0.05) is 64.8 Å². The number of para-hydroxylation sites is 1. The van der Waals surface area contributed by atoms with Crippen LogP contribution in [0.4, 0.5) is 0 Å². The predicted octanol–water partition coefficient (Wildman–Crippen LogP) is 6.27. The Morgan fingerprint density at radius 2 is 1.67 bits per heavy atom. The van der Waals surface area contributed by atoms with Gasteiger partial charge in [0.05, 0.1) is 6.04 Å². The Bertz CT molecular complexity index is 991. The fraction of sp³-hybridized carbons (Fsp3) is 0.240. The smallest absolute Gasteiger partial charge is 0.320 e. The van der Waals surface area contributed by atoms with Crippen molar-refractivity contribution in [2.75, 3.05) is 6.54 Å². The second-order valence-corrected chi connectivity index (χ2v) is 8.45. The first kappa shape index (κ1) is 20.6. The molecule has 1 N–H and O–H groups in total. The molecular weight excluding hydrogens is 442 g/mol. The Hall–Kier alpha value is -2.63. The number of likely N-dealkylation sites (tertiary alicyclic amines) is 1. The van der Waals surface area contributed by atoms with Crippen LogP contribution in [-0.2, 0) is 4.79 Å². The lowest BCUT2D eigenvalue weighted by Crippen LogP contribution is -2.46. The molecule has 5 heteroatoms. The highest BCUT2D eigenvalue weighted by Gasteiger charge is 2.35. The minimum Gasteiger partial charge on any atom is -0.480 e. The molecule has 1 saturated heterocycles. The SMILES string of the molecule is O=C(O)C1CCCCN1C(c1ccc(Br)cc1)c1cccc(Oc2ccccc2)c1. The van der Waals surface area contributed by atoms with Gasteiger partial charge in [-0.05, 0) is 66.9 Å². The average Bonchev–Trinajstić information content (AvgIpc) is 2.77. The normalized spacial score (nSPS) is 18.0. The first-order valence-corrected chi connectivity index (χ1v) is 11.0. The molecule has 1 aliphatic heterocycles. The van der Waals surface area contributed by atoms with Crippen molar-refractivity contribution in [3.8, 4) is 11.5 Å². The molecule has 0 spiro atoms. The van der Waals surface area contributed by atoms with Gasteiger partial charge in [0.15, 0.2) is 0 Å². The summed E-state index contributed by atoms with van der Waals surface area (Å²) in [5, 5.41) is 9.87. The van der Waals surface area contributed by atoms with E-state index in [0.717, 1.165) is 46.5 Å². The summed E-state index contributed by atoms with van der Waals surface area (Å²) in [5.41, 5.74) is 2.10. The van der Waals surface area contributed by atoms with E-state index in [-0.39, 0.29) is 6.04 Å². The van der Waals surface area contributed by atoms with E-state index in [4.69, 9.17) is 4.74 Å². The molecular formula is C25H24BrNO3. The quantitative estimate of drug-likeness (QED) is 0.465. The van der Waals surface area contributed by atoms with Gasteiger partial charge in [-0.2, -0.15) is 0 Å². The van der Waals surface area contributed by atoms with Gasteiger partial charge in [0, 0.05) is 4.47 Å². The number of carboxylic acid groups (broad SMARTS) is 1. The Labute approximate surface area is 185 Å². The van der Waals surface area contributed by atoms with Crippen LogP contribution < -0.4 is 4.74 Å². The zero-order valence-corrected chi connectivity index (χ0v) is 18.2. The Kier molecular flexibility index (Phi) is 6.50. The summed E-state index contributed by atoms with van der Waals surface area (Å²) in [6.07, 6.45) is 2.61. The number of rotatable bonds is 6. The van der Waals surface area contributed by atoms with Gasteiger partial charge in [0.25, 0.3) is 0 Å². The van der Waals surface area contributed by atoms with Crippen LogP contribution in [0.2, 0.25) is 0 Å². The predicted molar refractivity (Wildman–Crippen MR) is 121 cm³/mol. The highest BCUT2D eigenvalue weighted by atomic mass is 79.9. The summed E-state index contributed by atoms with van der Waals surface area (Å²) in [6, 6.07) is 25.1. The van der Waals surface area contributed by atoms with Crippen molar-refractivity contribution in [1.29, 1.82) is 0 Å². The summed E-state index contributed by atoms with van der Waals surface area (Å²) in [6.45, 7) is 0.751. The number of nitrogens with zero attached hydrogens (tertiary/aromatic N) is 1. The highest BCUT2D eigenvalue weighted by molar-refractivity contribution is 9.10. The van der Waals surface area contributed by atoms with Crippen LogP contribution in [0.15, 0.2) is 83.3 Å². The monoisotopic (exact) mass is 465 g/mol. The number of carbonyl (C=O) groups is 1. The van der Waals surface area contributed by atoms with Crippen molar-refractivity contribution in [2.45, 2.75) is 31.3 Å². The lowest BCUT2D eigenvalue weighted by atomic mass is 9.91. The maximum Gasteiger partial charge on any atom is 0.320 e. The van der Waals surface area contributed by atoms with Gasteiger partial charge < -0.3 is 9.84 Å². The van der Waals surface area contributed by atoms with E-state index in [1.807, 2.05) is 60.7 Å². The molecule has 0 radical (unpaired) electrons. The average molecular weight is 466 g/mol. The van der Waals surface area contributed by atoms with E-state index >= 15 is 0 Å². The van der Waals surface area contributed by atoms with Crippen LogP contribution in [0.3, 0.4) is 0 Å². The van der Waals surface area contributed by atoms with Crippen LogP contribution >= 0.6 is 15.9 Å². The zero-order chi connectivity index (χ0) is 20.9. The number of benzene rings is 3. The lowest BCUT2D eigenvalue weighted by molar-refractivity contribution is -0.145. The molecule has 0 saturated carbocycles. The maximum atomic E-state index is 12.0. The minimum absolute atomic E-state index is 0.154. The van der Waals surface area contributed by atoms with Crippen molar-refractivity contribution >= 4 is 21.9 Å². The molecule has 2 atom stereocenters. The van der Waals surface area contributed by atoms with E-state index in [2.05, 4.69) is 39.0 Å². The fourth-order valence-corrected chi connectivity index (χ4v) is 4.39. The largest absolute Gasteiger partial charge is 0.480 e. The summed E-state index contributed by atoms with van der Waals surface area (Å²) in [7, 11) is 0. The van der Waals surface area contributed by atoms with Crippen LogP contribution in [-0.4, -0.2) is 28.6 Å². The topological polar surface area (TPSA) is 49.8 Å². The number of carboxylic acids is 1. The van der Waals surface area contributed by atoms with Crippen LogP contribution in [0, 0.1) is 0 Å². The third kappa shape index (κ3) is 4.74. The molecule has 1 heterocycles. The zero-order valence-electron chi connectivity index (χ0n) is 16.6. The van der Waals surface area contributed by atoms with E-state index < -0.39 is 12.0 Å². The maximum absolute atomic E-state index is 12.0. The second-order valence-electron chi connectivity index (χ2n) is 7.53. The molecule has 4 rings (SSSR count).